The molecule has 9 nitrogen and oxygen atoms in total. The van der Waals surface area contributed by atoms with Crippen LogP contribution in [0.15, 0.2) is 4.36 Å². The van der Waals surface area contributed by atoms with Crippen LogP contribution < -0.4 is 5.73 Å². The molecule has 0 spiro atoms. The van der Waals surface area contributed by atoms with Gasteiger partial charge in [0.1, 0.15) is 11.5 Å². The average Bonchev–Trinajstić information content (AvgIpc) is 2.44. The van der Waals surface area contributed by atoms with Gasteiger partial charge in [0.05, 0.1) is 23.9 Å². The predicted molar refractivity (Wildman–Crippen MR) is 70.6 cm³/mol. The van der Waals surface area contributed by atoms with E-state index < -0.39 is 57.3 Å². The minimum Gasteiger partial charge on any atom is -0.468 e. The maximum atomic E-state index is 12.0. The van der Waals surface area contributed by atoms with Crippen molar-refractivity contribution in [1.29, 1.82) is 0 Å². The van der Waals surface area contributed by atoms with Crippen LogP contribution in [0.25, 0.3) is 0 Å². The highest BCUT2D eigenvalue weighted by atomic mass is 32.2. The first-order chi connectivity index (χ1) is 11.5. The molecule has 0 aliphatic carbocycles. The highest BCUT2D eigenvalue weighted by molar-refractivity contribution is 7.95. The van der Waals surface area contributed by atoms with Crippen molar-refractivity contribution < 1.29 is 59.2 Å². The maximum absolute atomic E-state index is 12.0. The molecule has 26 heavy (non-hydrogen) atoms. The van der Waals surface area contributed by atoms with Gasteiger partial charge in [0.2, 0.25) is 0 Å². The molecule has 0 aliphatic heterocycles. The van der Waals surface area contributed by atoms with E-state index in [0.29, 0.717) is 0 Å². The van der Waals surface area contributed by atoms with Crippen LogP contribution in [0.1, 0.15) is 0 Å². The Kier molecular flexibility index (Phi) is 9.87. The lowest BCUT2D eigenvalue weighted by Gasteiger charge is -2.08. The Balaban J connectivity index is 0. The molecule has 0 aromatic heterocycles. The SMILES string of the molecule is COC(=O)CS(=O)(CC(=O)OC)=NC(=O)C(F)(F)F.NC(=O)C(F)(F)F. The van der Waals surface area contributed by atoms with Crippen LogP contribution >= 0.6 is 0 Å². The molecular formula is C10H12F6N2O7S. The fourth-order valence-corrected chi connectivity index (χ4v) is 2.41. The normalized spacial score (nSPS) is 11.5. The Morgan fingerprint density at radius 3 is 1.38 bits per heavy atom. The smallest absolute Gasteiger partial charge is 0.468 e. The number of halogens is 6. The molecule has 2 N–H and O–H groups in total. The second-order valence-electron chi connectivity index (χ2n) is 3.97. The van der Waals surface area contributed by atoms with E-state index in [1.807, 2.05) is 0 Å². The molecule has 0 fully saturated rings. The average molecular weight is 418 g/mol. The topological polar surface area (TPSA) is 142 Å². The van der Waals surface area contributed by atoms with Crippen LogP contribution in [0, 0.1) is 0 Å². The molecule has 16 heteroatoms. The third-order valence-electron chi connectivity index (χ3n) is 1.91. The fourth-order valence-electron chi connectivity index (χ4n) is 0.805. The van der Waals surface area contributed by atoms with Crippen molar-refractivity contribution in [1.82, 2.24) is 0 Å². The van der Waals surface area contributed by atoms with Crippen molar-refractivity contribution in [3.63, 3.8) is 0 Å². The number of esters is 2. The van der Waals surface area contributed by atoms with Crippen molar-refractivity contribution in [2.45, 2.75) is 12.4 Å². The van der Waals surface area contributed by atoms with Crippen LogP contribution in [0.5, 0.6) is 0 Å². The van der Waals surface area contributed by atoms with Gasteiger partial charge in [-0.25, -0.2) is 4.21 Å². The standard InChI is InChI=1S/C8H10F3NO6S.C2H2F3NO/c1-17-5(13)3-19(16,4-6(14)18-2)12-7(15)8(9,10)11;3-2(4,5)1(6)7/h3-4H2,1-2H3;(H2,6,7). The van der Waals surface area contributed by atoms with Gasteiger partial charge in [0.15, 0.2) is 0 Å². The summed E-state index contributed by atoms with van der Waals surface area (Å²) in [7, 11) is -2.30. The summed E-state index contributed by atoms with van der Waals surface area (Å²) in [6.45, 7) is 0. The summed E-state index contributed by atoms with van der Waals surface area (Å²) >= 11 is 0. The molecular weight excluding hydrogens is 406 g/mol. The number of amides is 2. The van der Waals surface area contributed by atoms with Gasteiger partial charge >= 0.3 is 36.1 Å². The molecule has 0 heterocycles. The van der Waals surface area contributed by atoms with Gasteiger partial charge in [-0.2, -0.15) is 30.7 Å². The second kappa shape index (κ2) is 9.93. The van der Waals surface area contributed by atoms with Gasteiger partial charge in [0, 0.05) is 0 Å². The van der Waals surface area contributed by atoms with Crippen LogP contribution in [-0.4, -0.2) is 66.0 Å². The summed E-state index contributed by atoms with van der Waals surface area (Å²) < 4.78 is 90.7. The van der Waals surface area contributed by atoms with Gasteiger partial charge in [0.25, 0.3) is 0 Å². The highest BCUT2D eigenvalue weighted by Crippen LogP contribution is 2.18. The quantitative estimate of drug-likeness (QED) is 0.497. The minimum atomic E-state index is -5.35. The number of ether oxygens (including phenoxy) is 2. The summed E-state index contributed by atoms with van der Waals surface area (Å²) in [5.41, 5.74) is 3.81. The van der Waals surface area contributed by atoms with Crippen LogP contribution in [0.3, 0.4) is 0 Å². The Hall–Kier alpha value is -2.39. The maximum Gasteiger partial charge on any atom is 0.474 e. The van der Waals surface area contributed by atoms with Gasteiger partial charge < -0.3 is 15.2 Å². The number of primary amides is 1. The molecule has 0 aromatic carbocycles. The number of methoxy groups -OCH3 is 2. The number of carbonyl (C=O) groups is 4. The van der Waals surface area contributed by atoms with E-state index in [1.165, 1.54) is 0 Å². The molecule has 0 radical (unpaired) electrons. The van der Waals surface area contributed by atoms with Gasteiger partial charge in [-0.3, -0.25) is 19.2 Å². The molecule has 2 amide bonds. The van der Waals surface area contributed by atoms with Gasteiger partial charge in [-0.15, -0.1) is 0 Å². The first-order valence-corrected chi connectivity index (χ1v) is 7.67. The molecule has 0 aliphatic rings. The zero-order valence-corrected chi connectivity index (χ0v) is 13.8. The molecule has 0 saturated heterocycles. The van der Waals surface area contributed by atoms with Crippen LogP contribution in [0.2, 0.25) is 0 Å². The zero-order valence-electron chi connectivity index (χ0n) is 13.0. The van der Waals surface area contributed by atoms with Crippen molar-refractivity contribution in [3.05, 3.63) is 0 Å². The molecule has 152 valence electrons. The number of hydrogen-bond acceptors (Lipinski definition) is 7. The number of nitrogens with zero attached hydrogens (tertiary/aromatic N) is 1. The summed E-state index contributed by atoms with van der Waals surface area (Å²) in [5.74, 6) is -9.50. The lowest BCUT2D eigenvalue weighted by Crippen LogP contribution is -2.30. The Morgan fingerprint density at radius 1 is 0.885 bits per heavy atom. The third-order valence-corrected chi connectivity index (χ3v) is 3.79. The lowest BCUT2D eigenvalue weighted by molar-refractivity contribution is -0.169. The van der Waals surface area contributed by atoms with E-state index in [4.69, 9.17) is 4.79 Å². The van der Waals surface area contributed by atoms with Gasteiger partial charge in [-0.1, -0.05) is 0 Å². The number of rotatable bonds is 4. The zero-order chi connectivity index (χ0) is 21.3. The second-order valence-corrected chi connectivity index (χ2v) is 6.27. The number of nitrogens with two attached hydrogens (primary N) is 1. The molecule has 0 aromatic rings. The highest BCUT2D eigenvalue weighted by Gasteiger charge is 2.40. The Morgan fingerprint density at radius 2 is 1.19 bits per heavy atom. The van der Waals surface area contributed by atoms with Crippen molar-refractivity contribution >= 4 is 33.5 Å². The van der Waals surface area contributed by atoms with Crippen LogP contribution in [0.4, 0.5) is 26.3 Å². The van der Waals surface area contributed by atoms with E-state index in [0.717, 1.165) is 14.2 Å². The predicted octanol–water partition coefficient (Wildman–Crippen LogP) is -0.0767. The van der Waals surface area contributed by atoms with Crippen molar-refractivity contribution in [2.75, 3.05) is 25.7 Å². The molecule has 0 bridgehead atoms. The minimum absolute atomic E-state index is 0.895. The van der Waals surface area contributed by atoms with Crippen molar-refractivity contribution in [2.24, 2.45) is 10.1 Å². The third kappa shape index (κ3) is 11.2. The van der Waals surface area contributed by atoms with E-state index in [-0.39, 0.29) is 0 Å². The fraction of sp³-hybridized carbons (Fsp3) is 0.600. The monoisotopic (exact) mass is 418 g/mol. The summed E-state index contributed by atoms with van der Waals surface area (Å²) in [6, 6.07) is 0. The Bertz CT molecular complexity index is 640. The van der Waals surface area contributed by atoms with E-state index in [1.54, 1.807) is 0 Å². The van der Waals surface area contributed by atoms with Crippen molar-refractivity contribution in [3.8, 4) is 0 Å². The molecule has 0 atom stereocenters. The number of carbonyl (C=O) groups excluding carboxylic acids is 4. The summed E-state index contributed by atoms with van der Waals surface area (Å²) in [4.78, 5) is 41.6. The largest absolute Gasteiger partial charge is 0.474 e. The molecule has 0 unspecified atom stereocenters. The van der Waals surface area contributed by atoms with E-state index >= 15 is 0 Å². The number of hydrogen-bond donors (Lipinski definition) is 1. The Labute approximate surface area is 142 Å². The molecule has 0 saturated carbocycles. The summed E-state index contributed by atoms with van der Waals surface area (Å²) in [6.07, 6.45) is -10.2. The molecule has 0 rings (SSSR count). The van der Waals surface area contributed by atoms with E-state index in [2.05, 4.69) is 19.6 Å². The summed E-state index contributed by atoms with van der Waals surface area (Å²) in [5, 5.41) is 0. The lowest BCUT2D eigenvalue weighted by atomic mass is 10.6. The van der Waals surface area contributed by atoms with Gasteiger partial charge in [-0.05, 0) is 0 Å². The first-order valence-electron chi connectivity index (χ1n) is 5.82. The van der Waals surface area contributed by atoms with E-state index in [9.17, 15) is 44.9 Å². The van der Waals surface area contributed by atoms with Crippen LogP contribution in [-0.2, 0) is 38.4 Å². The first kappa shape index (κ1) is 25.8. The number of alkyl halides is 6.